The fourth-order valence-corrected chi connectivity index (χ4v) is 0.896. The van der Waals surface area contributed by atoms with Crippen molar-refractivity contribution < 1.29 is 13.9 Å². The van der Waals surface area contributed by atoms with Crippen molar-refractivity contribution in [3.8, 4) is 5.75 Å². The fraction of sp³-hybridized carbons (Fsp3) is 0.300. The Bertz CT molecular complexity index is 303. The topological polar surface area (TPSA) is 42.3 Å². The number of halogens is 2. The molecule has 0 fully saturated rings. The second-order valence-electron chi connectivity index (χ2n) is 2.60. The van der Waals surface area contributed by atoms with E-state index in [2.05, 4.69) is 0 Å². The zero-order valence-corrected chi connectivity index (χ0v) is 9.14. The van der Waals surface area contributed by atoms with E-state index in [1.807, 2.05) is 0 Å². The van der Waals surface area contributed by atoms with Gasteiger partial charge in [0.15, 0.2) is 6.61 Å². The summed E-state index contributed by atoms with van der Waals surface area (Å²) in [6, 6.07) is 5.63. The van der Waals surface area contributed by atoms with Crippen molar-refractivity contribution in [2.24, 2.45) is 0 Å². The highest BCUT2D eigenvalue weighted by Gasteiger charge is 1.98. The van der Waals surface area contributed by atoms with Gasteiger partial charge in [-0.25, -0.2) is 4.39 Å². The maximum Gasteiger partial charge on any atom is 0.219 e. The van der Waals surface area contributed by atoms with Gasteiger partial charge < -0.3 is 9.47 Å². The van der Waals surface area contributed by atoms with Crippen LogP contribution in [0, 0.1) is 11.2 Å². The fourth-order valence-electron chi connectivity index (χ4n) is 0.896. The van der Waals surface area contributed by atoms with Crippen LogP contribution in [-0.2, 0) is 4.74 Å². The van der Waals surface area contributed by atoms with Crippen LogP contribution in [0.2, 0.25) is 0 Å². The Morgan fingerprint density at radius 2 is 1.93 bits per heavy atom. The summed E-state index contributed by atoms with van der Waals surface area (Å²) in [6.45, 7) is 2.32. The van der Waals surface area contributed by atoms with E-state index in [4.69, 9.17) is 14.9 Å². The summed E-state index contributed by atoms with van der Waals surface area (Å²) in [5, 5.41) is 7.26. The number of rotatable bonds is 4. The third-order valence-electron chi connectivity index (χ3n) is 1.50. The predicted molar refractivity (Wildman–Crippen MR) is 58.5 cm³/mol. The van der Waals surface area contributed by atoms with Gasteiger partial charge in [0.05, 0.1) is 6.61 Å². The van der Waals surface area contributed by atoms with Gasteiger partial charge in [-0.1, -0.05) is 0 Å². The van der Waals surface area contributed by atoms with E-state index in [1.54, 1.807) is 6.92 Å². The second-order valence-corrected chi connectivity index (χ2v) is 2.60. The number of hydrogen-bond acceptors (Lipinski definition) is 3. The van der Waals surface area contributed by atoms with E-state index in [0.717, 1.165) is 0 Å². The van der Waals surface area contributed by atoms with E-state index >= 15 is 0 Å². The molecule has 0 spiro atoms. The Morgan fingerprint density at radius 3 is 2.47 bits per heavy atom. The van der Waals surface area contributed by atoms with Crippen molar-refractivity contribution >= 4 is 18.3 Å². The molecule has 0 amide bonds. The quantitative estimate of drug-likeness (QED) is 0.642. The molecule has 0 radical (unpaired) electrons. The molecule has 0 aliphatic heterocycles. The SMILES string of the molecule is CCOC(=N)COc1ccc(F)cc1.Cl. The molecule has 0 bridgehead atoms. The molecule has 0 saturated carbocycles. The molecule has 1 N–H and O–H groups in total. The van der Waals surface area contributed by atoms with Crippen LogP contribution in [0.4, 0.5) is 4.39 Å². The van der Waals surface area contributed by atoms with Gasteiger partial charge in [0, 0.05) is 0 Å². The maximum atomic E-state index is 12.5. The lowest BCUT2D eigenvalue weighted by Gasteiger charge is -2.07. The van der Waals surface area contributed by atoms with Gasteiger partial charge in [0.1, 0.15) is 11.6 Å². The molecule has 15 heavy (non-hydrogen) atoms. The Labute approximate surface area is 94.1 Å². The van der Waals surface area contributed by atoms with Crippen LogP contribution < -0.4 is 4.74 Å². The minimum absolute atomic E-state index is 0. The molecule has 0 unspecified atom stereocenters. The molecule has 0 aliphatic rings. The molecule has 5 heteroatoms. The summed E-state index contributed by atoms with van der Waals surface area (Å²) in [4.78, 5) is 0. The highest BCUT2D eigenvalue weighted by molar-refractivity contribution is 5.85. The summed E-state index contributed by atoms with van der Waals surface area (Å²) in [6.07, 6.45) is 0. The Kier molecular flexibility index (Phi) is 6.45. The molecule has 0 aromatic heterocycles. The molecule has 0 aliphatic carbocycles. The highest BCUT2D eigenvalue weighted by atomic mass is 35.5. The van der Waals surface area contributed by atoms with E-state index in [1.165, 1.54) is 24.3 Å². The third kappa shape index (κ3) is 5.22. The lowest BCUT2D eigenvalue weighted by atomic mass is 10.3. The van der Waals surface area contributed by atoms with Gasteiger partial charge in [-0.15, -0.1) is 12.4 Å². The van der Waals surface area contributed by atoms with Gasteiger partial charge in [-0.3, -0.25) is 5.41 Å². The number of benzene rings is 1. The number of ether oxygens (including phenoxy) is 2. The second kappa shape index (κ2) is 7.06. The Hall–Kier alpha value is -1.29. The first-order valence-electron chi connectivity index (χ1n) is 4.31. The van der Waals surface area contributed by atoms with Crippen molar-refractivity contribution in [2.45, 2.75) is 6.92 Å². The minimum atomic E-state index is -0.308. The van der Waals surface area contributed by atoms with E-state index in [9.17, 15) is 4.39 Å². The lowest BCUT2D eigenvalue weighted by Crippen LogP contribution is -2.13. The van der Waals surface area contributed by atoms with E-state index in [0.29, 0.717) is 12.4 Å². The average molecular weight is 234 g/mol. The maximum absolute atomic E-state index is 12.5. The Balaban J connectivity index is 0.00000196. The van der Waals surface area contributed by atoms with Crippen LogP contribution in [0.25, 0.3) is 0 Å². The normalized spacial score (nSPS) is 8.93. The molecule has 0 saturated heterocycles. The van der Waals surface area contributed by atoms with Gasteiger partial charge in [-0.05, 0) is 31.2 Å². The monoisotopic (exact) mass is 233 g/mol. The molecule has 3 nitrogen and oxygen atoms in total. The van der Waals surface area contributed by atoms with E-state index < -0.39 is 0 Å². The van der Waals surface area contributed by atoms with Crippen molar-refractivity contribution in [1.82, 2.24) is 0 Å². The molecule has 0 atom stereocenters. The van der Waals surface area contributed by atoms with Crippen LogP contribution in [0.1, 0.15) is 6.92 Å². The van der Waals surface area contributed by atoms with Crippen LogP contribution >= 0.6 is 12.4 Å². The average Bonchev–Trinajstić information content (AvgIpc) is 2.17. The molecular weight excluding hydrogens is 221 g/mol. The van der Waals surface area contributed by atoms with Crippen molar-refractivity contribution in [3.63, 3.8) is 0 Å². The number of nitrogens with one attached hydrogen (secondary N) is 1. The van der Waals surface area contributed by atoms with E-state index in [-0.39, 0.29) is 30.7 Å². The summed E-state index contributed by atoms with van der Waals surface area (Å²) < 4.78 is 22.5. The largest absolute Gasteiger partial charge is 0.484 e. The van der Waals surface area contributed by atoms with Gasteiger partial charge in [0.25, 0.3) is 0 Å². The zero-order chi connectivity index (χ0) is 10.4. The molecule has 1 aromatic carbocycles. The first-order valence-corrected chi connectivity index (χ1v) is 4.31. The highest BCUT2D eigenvalue weighted by Crippen LogP contribution is 2.10. The van der Waals surface area contributed by atoms with Crippen LogP contribution in [-0.4, -0.2) is 19.1 Å². The summed E-state index contributed by atoms with van der Waals surface area (Å²) in [7, 11) is 0. The molecule has 0 heterocycles. The molecule has 1 rings (SSSR count). The van der Waals surface area contributed by atoms with Gasteiger partial charge >= 0.3 is 0 Å². The first-order chi connectivity index (χ1) is 6.72. The standard InChI is InChI=1S/C10H12FNO2.ClH/c1-2-13-10(12)7-14-9-5-3-8(11)4-6-9;/h3-6,12H,2,7H2,1H3;1H. The van der Waals surface area contributed by atoms with Crippen LogP contribution in [0.3, 0.4) is 0 Å². The van der Waals surface area contributed by atoms with Crippen molar-refractivity contribution in [3.05, 3.63) is 30.1 Å². The van der Waals surface area contributed by atoms with Crippen LogP contribution in [0.5, 0.6) is 5.75 Å². The Morgan fingerprint density at radius 1 is 1.33 bits per heavy atom. The predicted octanol–water partition coefficient (Wildman–Crippen LogP) is 2.64. The smallest absolute Gasteiger partial charge is 0.219 e. The first kappa shape index (κ1) is 13.7. The van der Waals surface area contributed by atoms with Crippen LogP contribution in [0.15, 0.2) is 24.3 Å². The third-order valence-corrected chi connectivity index (χ3v) is 1.50. The molecule has 1 aromatic rings. The summed E-state index contributed by atoms with van der Waals surface area (Å²) >= 11 is 0. The summed E-state index contributed by atoms with van der Waals surface area (Å²) in [5.74, 6) is 0.282. The lowest BCUT2D eigenvalue weighted by molar-refractivity contribution is 0.273. The number of hydrogen-bond donors (Lipinski definition) is 1. The van der Waals surface area contributed by atoms with Gasteiger partial charge in [0.2, 0.25) is 5.90 Å². The molecular formula is C10H13ClFNO2. The van der Waals surface area contributed by atoms with Gasteiger partial charge in [-0.2, -0.15) is 0 Å². The zero-order valence-electron chi connectivity index (χ0n) is 8.33. The van der Waals surface area contributed by atoms with Crippen molar-refractivity contribution in [1.29, 1.82) is 5.41 Å². The minimum Gasteiger partial charge on any atom is -0.484 e. The molecule has 84 valence electrons. The summed E-state index contributed by atoms with van der Waals surface area (Å²) in [5.41, 5.74) is 0. The van der Waals surface area contributed by atoms with Crippen molar-refractivity contribution in [2.75, 3.05) is 13.2 Å².